The lowest BCUT2D eigenvalue weighted by Gasteiger charge is -2.24. The minimum Gasteiger partial charge on any atom is -0.457 e. The first-order chi connectivity index (χ1) is 14.7. The van der Waals surface area contributed by atoms with Crippen LogP contribution in [0.4, 0.5) is 18.9 Å². The fraction of sp³-hybridized carbons (Fsp3) is 0.190. The first-order valence-electron chi connectivity index (χ1n) is 9.19. The molecule has 0 amide bonds. The van der Waals surface area contributed by atoms with Crippen LogP contribution in [0.15, 0.2) is 73.1 Å². The first kappa shape index (κ1) is 22.4. The van der Waals surface area contributed by atoms with Gasteiger partial charge in [0.2, 0.25) is 10.0 Å². The molecule has 0 aliphatic carbocycles. The topological polar surface area (TPSA) is 68.7 Å². The van der Waals surface area contributed by atoms with Crippen LogP contribution < -0.4 is 13.8 Å². The summed E-state index contributed by atoms with van der Waals surface area (Å²) in [6.45, 7) is 1.69. The van der Waals surface area contributed by atoms with Gasteiger partial charge in [-0.25, -0.2) is 8.42 Å². The summed E-state index contributed by atoms with van der Waals surface area (Å²) in [4.78, 5) is 4.01. The maximum absolute atomic E-state index is 12.6. The van der Waals surface area contributed by atoms with Gasteiger partial charge in [-0.2, -0.15) is 0 Å². The molecular formula is C21H19F3N2O4S. The number of alkyl halides is 3. The van der Waals surface area contributed by atoms with Crippen LogP contribution in [0.1, 0.15) is 12.5 Å². The molecule has 2 aromatic carbocycles. The number of pyridine rings is 1. The van der Waals surface area contributed by atoms with Crippen LogP contribution in [-0.2, 0) is 16.6 Å². The van der Waals surface area contributed by atoms with Crippen molar-refractivity contribution in [2.24, 2.45) is 0 Å². The molecule has 0 bridgehead atoms. The third kappa shape index (κ3) is 6.35. The maximum Gasteiger partial charge on any atom is 0.573 e. The molecule has 0 N–H and O–H groups in total. The summed E-state index contributed by atoms with van der Waals surface area (Å²) in [7, 11) is -3.54. The Morgan fingerprint density at radius 2 is 1.52 bits per heavy atom. The van der Waals surface area contributed by atoms with Crippen molar-refractivity contribution in [2.45, 2.75) is 19.8 Å². The SMILES string of the molecule is CCS(=O)(=O)N(Cc1cccnc1)c1ccc(Oc2ccc(OC(F)(F)F)cc2)cc1. The lowest BCUT2D eigenvalue weighted by atomic mass is 10.2. The van der Waals surface area contributed by atoms with Gasteiger partial charge in [-0.3, -0.25) is 9.29 Å². The van der Waals surface area contributed by atoms with Crippen molar-refractivity contribution in [3.8, 4) is 17.2 Å². The number of hydrogen-bond donors (Lipinski definition) is 0. The zero-order valence-corrected chi connectivity index (χ0v) is 17.2. The first-order valence-corrected chi connectivity index (χ1v) is 10.8. The quantitative estimate of drug-likeness (QED) is 0.474. The van der Waals surface area contributed by atoms with E-state index in [4.69, 9.17) is 4.74 Å². The van der Waals surface area contributed by atoms with Crippen molar-refractivity contribution in [1.29, 1.82) is 0 Å². The predicted molar refractivity (Wildman–Crippen MR) is 110 cm³/mol. The summed E-state index contributed by atoms with van der Waals surface area (Å²) < 4.78 is 72.6. The summed E-state index contributed by atoms with van der Waals surface area (Å²) in [5, 5.41) is 0. The molecule has 0 atom stereocenters. The van der Waals surface area contributed by atoms with E-state index in [-0.39, 0.29) is 18.0 Å². The van der Waals surface area contributed by atoms with Gasteiger partial charge in [0.25, 0.3) is 0 Å². The van der Waals surface area contributed by atoms with Crippen molar-refractivity contribution < 1.29 is 31.1 Å². The third-order valence-corrected chi connectivity index (χ3v) is 5.91. The average molecular weight is 452 g/mol. The van der Waals surface area contributed by atoms with Gasteiger partial charge in [0, 0.05) is 12.4 Å². The number of rotatable bonds is 8. The number of hydrogen-bond acceptors (Lipinski definition) is 5. The van der Waals surface area contributed by atoms with E-state index < -0.39 is 16.4 Å². The molecule has 0 fully saturated rings. The Hall–Kier alpha value is -3.27. The number of nitrogens with zero attached hydrogens (tertiary/aromatic N) is 2. The Balaban J connectivity index is 1.75. The maximum atomic E-state index is 12.6. The Morgan fingerprint density at radius 1 is 0.935 bits per heavy atom. The molecule has 164 valence electrons. The molecule has 3 aromatic rings. The molecule has 0 unspecified atom stereocenters. The third-order valence-electron chi connectivity index (χ3n) is 4.17. The lowest BCUT2D eigenvalue weighted by molar-refractivity contribution is -0.274. The highest BCUT2D eigenvalue weighted by Gasteiger charge is 2.31. The van der Waals surface area contributed by atoms with Crippen molar-refractivity contribution in [1.82, 2.24) is 4.98 Å². The van der Waals surface area contributed by atoms with Crippen molar-refractivity contribution >= 4 is 15.7 Å². The van der Waals surface area contributed by atoms with Crippen LogP contribution in [0.25, 0.3) is 0 Å². The molecule has 3 rings (SSSR count). The van der Waals surface area contributed by atoms with Crippen LogP contribution in [0.5, 0.6) is 17.2 Å². The zero-order chi connectivity index (χ0) is 22.5. The molecule has 31 heavy (non-hydrogen) atoms. The van der Waals surface area contributed by atoms with Crippen molar-refractivity contribution in [3.63, 3.8) is 0 Å². The van der Waals surface area contributed by atoms with Gasteiger partial charge in [-0.15, -0.1) is 13.2 Å². The number of anilines is 1. The Kier molecular flexibility index (Phi) is 6.69. The summed E-state index contributed by atoms with van der Waals surface area (Å²) in [6, 6.07) is 14.8. The summed E-state index contributed by atoms with van der Waals surface area (Å²) in [5.74, 6) is 0.267. The molecule has 0 spiro atoms. The van der Waals surface area contributed by atoms with Crippen LogP contribution in [0.2, 0.25) is 0 Å². The molecule has 0 aliphatic rings. The average Bonchev–Trinajstić information content (AvgIpc) is 2.74. The summed E-state index contributed by atoms with van der Waals surface area (Å²) in [5.41, 5.74) is 1.19. The van der Waals surface area contributed by atoms with E-state index in [2.05, 4.69) is 9.72 Å². The molecule has 1 aromatic heterocycles. The normalized spacial score (nSPS) is 11.7. The highest BCUT2D eigenvalue weighted by molar-refractivity contribution is 7.92. The summed E-state index contributed by atoms with van der Waals surface area (Å²) in [6.07, 6.45) is -1.56. The van der Waals surface area contributed by atoms with Gasteiger partial charge >= 0.3 is 6.36 Å². The predicted octanol–water partition coefficient (Wildman–Crippen LogP) is 5.13. The Morgan fingerprint density at radius 3 is 2.03 bits per heavy atom. The van der Waals surface area contributed by atoms with E-state index in [1.807, 2.05) is 0 Å². The van der Waals surface area contributed by atoms with Crippen molar-refractivity contribution in [3.05, 3.63) is 78.6 Å². The largest absolute Gasteiger partial charge is 0.573 e. The molecule has 1 heterocycles. The van der Waals surface area contributed by atoms with Crippen molar-refractivity contribution in [2.75, 3.05) is 10.1 Å². The van der Waals surface area contributed by atoms with Gasteiger partial charge in [-0.1, -0.05) is 6.07 Å². The van der Waals surface area contributed by atoms with Crippen LogP contribution >= 0.6 is 0 Å². The van der Waals surface area contributed by atoms with E-state index in [1.165, 1.54) is 16.4 Å². The minimum atomic E-state index is -4.77. The number of sulfonamides is 1. The van der Waals surface area contributed by atoms with E-state index >= 15 is 0 Å². The van der Waals surface area contributed by atoms with Crippen LogP contribution in [0.3, 0.4) is 0 Å². The fourth-order valence-corrected chi connectivity index (χ4v) is 3.79. The van der Waals surface area contributed by atoms with E-state index in [9.17, 15) is 21.6 Å². The number of ether oxygens (including phenoxy) is 2. The second-order valence-corrected chi connectivity index (χ2v) is 8.57. The smallest absolute Gasteiger partial charge is 0.457 e. The molecular weight excluding hydrogens is 433 g/mol. The molecule has 0 saturated heterocycles. The van der Waals surface area contributed by atoms with Gasteiger partial charge in [0.15, 0.2) is 0 Å². The minimum absolute atomic E-state index is 0.0716. The standard InChI is InChI=1S/C21H19F3N2O4S/c1-2-31(27,28)26(15-16-4-3-13-25-14-16)17-5-7-18(8-6-17)29-19-9-11-20(12-10-19)30-21(22,23)24/h3-14H,2,15H2,1H3. The second-order valence-electron chi connectivity index (χ2n) is 6.38. The Labute approximate surface area is 177 Å². The highest BCUT2D eigenvalue weighted by atomic mass is 32.2. The second kappa shape index (κ2) is 9.25. The number of benzene rings is 2. The van der Waals surface area contributed by atoms with E-state index in [0.29, 0.717) is 17.2 Å². The van der Waals surface area contributed by atoms with E-state index in [1.54, 1.807) is 55.7 Å². The molecule has 10 heteroatoms. The van der Waals surface area contributed by atoms with Gasteiger partial charge in [-0.05, 0) is 67.1 Å². The Bertz CT molecular complexity index is 1090. The summed E-state index contributed by atoms with van der Waals surface area (Å²) >= 11 is 0. The number of aromatic nitrogens is 1. The molecule has 0 radical (unpaired) electrons. The fourth-order valence-electron chi connectivity index (χ4n) is 2.69. The van der Waals surface area contributed by atoms with Gasteiger partial charge in [0.05, 0.1) is 18.0 Å². The van der Waals surface area contributed by atoms with Gasteiger partial charge in [0.1, 0.15) is 17.2 Å². The van der Waals surface area contributed by atoms with Crippen LogP contribution in [0, 0.1) is 0 Å². The monoisotopic (exact) mass is 452 g/mol. The molecule has 6 nitrogen and oxygen atoms in total. The number of halogens is 3. The molecule has 0 aliphatic heterocycles. The highest BCUT2D eigenvalue weighted by Crippen LogP contribution is 2.29. The zero-order valence-electron chi connectivity index (χ0n) is 16.4. The lowest BCUT2D eigenvalue weighted by Crippen LogP contribution is -2.31. The van der Waals surface area contributed by atoms with Gasteiger partial charge < -0.3 is 9.47 Å². The van der Waals surface area contributed by atoms with E-state index in [0.717, 1.165) is 17.7 Å². The van der Waals surface area contributed by atoms with Crippen LogP contribution in [-0.4, -0.2) is 25.5 Å². The molecule has 0 saturated carbocycles.